The molecule has 26 heavy (non-hydrogen) atoms. The van der Waals surface area contributed by atoms with Gasteiger partial charge in [0.2, 0.25) is 0 Å². The minimum absolute atomic E-state index is 0. The Morgan fingerprint density at radius 3 is 2.65 bits per heavy atom. The second-order valence-corrected chi connectivity index (χ2v) is 6.81. The van der Waals surface area contributed by atoms with Gasteiger partial charge in [0.05, 0.1) is 0 Å². The molecule has 0 radical (unpaired) electrons. The SMILES string of the molecule is Cl.N[C@@H](Cc1cc(Br)ccn1)c1ccccc1-c1noc2ccccc12. The van der Waals surface area contributed by atoms with Gasteiger partial charge in [-0.1, -0.05) is 57.5 Å². The zero-order valence-electron chi connectivity index (χ0n) is 13.8. The van der Waals surface area contributed by atoms with Crippen molar-refractivity contribution in [2.75, 3.05) is 0 Å². The molecule has 2 N–H and O–H groups in total. The molecule has 2 heterocycles. The first-order chi connectivity index (χ1) is 12.2. The molecule has 0 aliphatic rings. The van der Waals surface area contributed by atoms with Gasteiger partial charge in [-0.2, -0.15) is 0 Å². The predicted molar refractivity (Wildman–Crippen MR) is 109 cm³/mol. The van der Waals surface area contributed by atoms with Gasteiger partial charge >= 0.3 is 0 Å². The predicted octanol–water partition coefficient (Wildman–Crippen LogP) is 5.32. The van der Waals surface area contributed by atoms with Crippen LogP contribution in [-0.4, -0.2) is 10.1 Å². The smallest absolute Gasteiger partial charge is 0.167 e. The lowest BCUT2D eigenvalue weighted by Crippen LogP contribution is -2.15. The van der Waals surface area contributed by atoms with E-state index in [2.05, 4.69) is 26.1 Å². The number of benzene rings is 2. The van der Waals surface area contributed by atoms with Crippen molar-refractivity contribution in [1.29, 1.82) is 0 Å². The average molecular weight is 431 g/mol. The standard InChI is InChI=1S/C20H16BrN3O.ClH/c21-13-9-10-23-14(11-13)12-18(22)15-5-1-2-6-16(15)20-17-7-3-4-8-19(17)25-24-20;/h1-11,18H,12,22H2;1H/t18-;/m0./s1. The van der Waals surface area contributed by atoms with E-state index in [0.717, 1.165) is 38.0 Å². The Kier molecular flexibility index (Phi) is 5.71. The number of nitrogens with zero attached hydrogens (tertiary/aromatic N) is 2. The number of para-hydroxylation sites is 1. The van der Waals surface area contributed by atoms with Gasteiger partial charge in [-0.05, 0) is 29.8 Å². The zero-order valence-corrected chi connectivity index (χ0v) is 16.2. The van der Waals surface area contributed by atoms with Crippen LogP contribution in [0, 0.1) is 0 Å². The lowest BCUT2D eigenvalue weighted by Gasteiger charge is -2.15. The van der Waals surface area contributed by atoms with E-state index in [1.165, 1.54) is 0 Å². The van der Waals surface area contributed by atoms with Crippen LogP contribution in [0.3, 0.4) is 0 Å². The summed E-state index contributed by atoms with van der Waals surface area (Å²) in [7, 11) is 0. The van der Waals surface area contributed by atoms with Gasteiger partial charge in [0.1, 0.15) is 5.69 Å². The molecule has 2 aromatic carbocycles. The number of pyridine rings is 1. The Balaban J connectivity index is 0.00000196. The maximum Gasteiger partial charge on any atom is 0.167 e. The minimum atomic E-state index is -0.187. The van der Waals surface area contributed by atoms with Crippen LogP contribution >= 0.6 is 28.3 Å². The summed E-state index contributed by atoms with van der Waals surface area (Å²) in [6.45, 7) is 0. The average Bonchev–Trinajstić information content (AvgIpc) is 3.06. The lowest BCUT2D eigenvalue weighted by molar-refractivity contribution is 0.459. The number of hydrogen-bond acceptors (Lipinski definition) is 4. The van der Waals surface area contributed by atoms with Crippen LogP contribution in [0.15, 0.2) is 75.9 Å². The summed E-state index contributed by atoms with van der Waals surface area (Å²) in [5.74, 6) is 0. The Labute approximate surface area is 166 Å². The summed E-state index contributed by atoms with van der Waals surface area (Å²) in [4.78, 5) is 4.40. The molecule has 4 rings (SSSR count). The second-order valence-electron chi connectivity index (χ2n) is 5.89. The van der Waals surface area contributed by atoms with Crippen LogP contribution in [0.2, 0.25) is 0 Å². The Morgan fingerprint density at radius 2 is 1.81 bits per heavy atom. The third-order valence-electron chi connectivity index (χ3n) is 4.20. The number of halogens is 2. The van der Waals surface area contributed by atoms with E-state index < -0.39 is 0 Å². The molecule has 0 saturated heterocycles. The third kappa shape index (κ3) is 3.65. The van der Waals surface area contributed by atoms with Crippen molar-refractivity contribution in [3.63, 3.8) is 0 Å². The molecule has 2 aromatic heterocycles. The number of hydrogen-bond donors (Lipinski definition) is 1. The molecule has 0 fully saturated rings. The fraction of sp³-hybridized carbons (Fsp3) is 0.100. The quantitative estimate of drug-likeness (QED) is 0.476. The minimum Gasteiger partial charge on any atom is -0.356 e. The van der Waals surface area contributed by atoms with Crippen molar-refractivity contribution < 1.29 is 4.52 Å². The molecule has 4 aromatic rings. The highest BCUT2D eigenvalue weighted by Crippen LogP contribution is 2.33. The van der Waals surface area contributed by atoms with Crippen LogP contribution in [0.5, 0.6) is 0 Å². The Bertz CT molecular complexity index is 1030. The summed E-state index contributed by atoms with van der Waals surface area (Å²) in [6, 6.07) is 19.6. The maximum absolute atomic E-state index is 6.51. The number of fused-ring (bicyclic) bond motifs is 1. The van der Waals surface area contributed by atoms with Gasteiger partial charge in [0.25, 0.3) is 0 Å². The monoisotopic (exact) mass is 429 g/mol. The lowest BCUT2D eigenvalue weighted by atomic mass is 9.94. The van der Waals surface area contributed by atoms with Crippen molar-refractivity contribution in [1.82, 2.24) is 10.1 Å². The van der Waals surface area contributed by atoms with Crippen LogP contribution < -0.4 is 5.73 Å². The Morgan fingerprint density at radius 1 is 1.04 bits per heavy atom. The van der Waals surface area contributed by atoms with Crippen LogP contribution in [-0.2, 0) is 6.42 Å². The van der Waals surface area contributed by atoms with Crippen LogP contribution in [0.25, 0.3) is 22.2 Å². The maximum atomic E-state index is 6.51. The van der Waals surface area contributed by atoms with E-state index >= 15 is 0 Å². The van der Waals surface area contributed by atoms with E-state index in [1.807, 2.05) is 60.7 Å². The van der Waals surface area contributed by atoms with E-state index in [1.54, 1.807) is 6.20 Å². The van der Waals surface area contributed by atoms with Crippen LogP contribution in [0.1, 0.15) is 17.3 Å². The first-order valence-electron chi connectivity index (χ1n) is 8.02. The summed E-state index contributed by atoms with van der Waals surface area (Å²) in [5.41, 5.74) is 11.1. The van der Waals surface area contributed by atoms with Crippen molar-refractivity contribution in [2.45, 2.75) is 12.5 Å². The third-order valence-corrected chi connectivity index (χ3v) is 4.69. The molecule has 0 spiro atoms. The van der Waals surface area contributed by atoms with Gasteiger partial charge in [-0.15, -0.1) is 12.4 Å². The molecule has 0 aliphatic heterocycles. The molecule has 0 bridgehead atoms. The van der Waals surface area contributed by atoms with Crippen molar-refractivity contribution >= 4 is 39.3 Å². The topological polar surface area (TPSA) is 64.9 Å². The fourth-order valence-corrected chi connectivity index (χ4v) is 3.39. The molecular formula is C20H17BrClN3O. The van der Waals surface area contributed by atoms with Crippen LogP contribution in [0.4, 0.5) is 0 Å². The molecule has 6 heteroatoms. The first kappa shape index (κ1) is 18.6. The zero-order chi connectivity index (χ0) is 17.2. The van der Waals surface area contributed by atoms with Crippen molar-refractivity contribution in [2.24, 2.45) is 5.73 Å². The molecule has 1 atom stereocenters. The number of nitrogens with two attached hydrogens (primary N) is 1. The highest BCUT2D eigenvalue weighted by molar-refractivity contribution is 9.10. The van der Waals surface area contributed by atoms with E-state index in [4.69, 9.17) is 10.3 Å². The molecule has 132 valence electrons. The number of rotatable bonds is 4. The summed E-state index contributed by atoms with van der Waals surface area (Å²) in [6.07, 6.45) is 2.43. The van der Waals surface area contributed by atoms with Gasteiger partial charge in [-0.3, -0.25) is 4.98 Å². The molecule has 0 aliphatic carbocycles. The normalized spacial score (nSPS) is 11.9. The molecule has 4 nitrogen and oxygen atoms in total. The fourth-order valence-electron chi connectivity index (χ4n) is 3.01. The van der Waals surface area contributed by atoms with E-state index in [0.29, 0.717) is 6.42 Å². The second kappa shape index (κ2) is 7.99. The van der Waals surface area contributed by atoms with Gasteiger partial charge in [-0.25, -0.2) is 0 Å². The summed E-state index contributed by atoms with van der Waals surface area (Å²) in [5, 5.41) is 5.26. The van der Waals surface area contributed by atoms with Crippen molar-refractivity contribution in [3.05, 3.63) is 82.6 Å². The van der Waals surface area contributed by atoms with E-state index in [9.17, 15) is 0 Å². The summed E-state index contributed by atoms with van der Waals surface area (Å²) >= 11 is 3.48. The molecule has 0 saturated carbocycles. The first-order valence-corrected chi connectivity index (χ1v) is 8.81. The summed E-state index contributed by atoms with van der Waals surface area (Å²) < 4.78 is 6.46. The van der Waals surface area contributed by atoms with Crippen molar-refractivity contribution in [3.8, 4) is 11.3 Å². The molecule has 0 unspecified atom stereocenters. The highest BCUT2D eigenvalue weighted by atomic mass is 79.9. The molecular weight excluding hydrogens is 414 g/mol. The van der Waals surface area contributed by atoms with E-state index in [-0.39, 0.29) is 18.4 Å². The Hall–Kier alpha value is -2.21. The van der Waals surface area contributed by atoms with Gasteiger partial charge in [0.15, 0.2) is 5.58 Å². The largest absolute Gasteiger partial charge is 0.356 e. The molecule has 0 amide bonds. The number of aromatic nitrogens is 2. The van der Waals surface area contributed by atoms with Gasteiger partial charge in [0, 0.05) is 39.8 Å². The highest BCUT2D eigenvalue weighted by Gasteiger charge is 2.18. The van der Waals surface area contributed by atoms with Gasteiger partial charge < -0.3 is 10.3 Å².